The van der Waals surface area contributed by atoms with Crippen molar-refractivity contribution in [2.45, 2.75) is 19.8 Å². The average Bonchev–Trinajstić information content (AvgIpc) is 2.59. The fourth-order valence-electron chi connectivity index (χ4n) is 0.979. The molecule has 5 heteroatoms. The molecule has 4 nitrogen and oxygen atoms in total. The second kappa shape index (κ2) is 6.00. The predicted octanol–water partition coefficient (Wildman–Crippen LogP) is 1.93. The van der Waals surface area contributed by atoms with Crippen molar-refractivity contribution in [1.29, 1.82) is 0 Å². The van der Waals surface area contributed by atoms with Crippen molar-refractivity contribution in [3.63, 3.8) is 0 Å². The Morgan fingerprint density at radius 1 is 1.64 bits per heavy atom. The van der Waals surface area contributed by atoms with Crippen LogP contribution in [0, 0.1) is 6.92 Å². The van der Waals surface area contributed by atoms with Crippen LogP contribution in [0.25, 0.3) is 0 Å². The van der Waals surface area contributed by atoms with E-state index in [9.17, 15) is 4.79 Å². The number of carbonyl (C=O) groups is 1. The highest BCUT2D eigenvalue weighted by Crippen LogP contribution is 2.01. The Bertz CT molecular complexity index is 299. The van der Waals surface area contributed by atoms with Gasteiger partial charge >= 0.3 is 0 Å². The van der Waals surface area contributed by atoms with Gasteiger partial charge in [-0.3, -0.25) is 4.79 Å². The summed E-state index contributed by atoms with van der Waals surface area (Å²) in [6.45, 7) is 2.48. The molecule has 0 spiro atoms. The van der Waals surface area contributed by atoms with Crippen LogP contribution in [0.4, 0.5) is 0 Å². The molecule has 78 valence electrons. The highest BCUT2D eigenvalue weighted by Gasteiger charge is 2.09. The number of hydrogen-bond donors (Lipinski definition) is 1. The van der Waals surface area contributed by atoms with Gasteiger partial charge in [0.25, 0.3) is 5.91 Å². The SMILES string of the molecule is Cc1cc(C(=O)NCCCCI)on1. The summed E-state index contributed by atoms with van der Waals surface area (Å²) < 4.78 is 5.94. The molecule has 1 heterocycles. The maximum atomic E-state index is 11.4. The minimum atomic E-state index is -0.181. The Balaban J connectivity index is 2.29. The van der Waals surface area contributed by atoms with E-state index >= 15 is 0 Å². The number of nitrogens with zero attached hydrogens (tertiary/aromatic N) is 1. The summed E-state index contributed by atoms with van der Waals surface area (Å²) in [4.78, 5) is 11.4. The molecule has 14 heavy (non-hydrogen) atoms. The highest BCUT2D eigenvalue weighted by molar-refractivity contribution is 14.1. The lowest BCUT2D eigenvalue weighted by atomic mass is 10.3. The monoisotopic (exact) mass is 308 g/mol. The fraction of sp³-hybridized carbons (Fsp3) is 0.556. The Morgan fingerprint density at radius 2 is 2.43 bits per heavy atom. The first kappa shape index (κ1) is 11.5. The van der Waals surface area contributed by atoms with Crippen molar-refractivity contribution in [2.75, 3.05) is 11.0 Å². The molecule has 0 radical (unpaired) electrons. The van der Waals surface area contributed by atoms with E-state index in [0.717, 1.165) is 23.0 Å². The van der Waals surface area contributed by atoms with Gasteiger partial charge in [-0.25, -0.2) is 0 Å². The van der Waals surface area contributed by atoms with Gasteiger partial charge in [0.1, 0.15) is 0 Å². The minimum absolute atomic E-state index is 0.181. The van der Waals surface area contributed by atoms with Crippen LogP contribution in [-0.4, -0.2) is 22.0 Å². The maximum absolute atomic E-state index is 11.4. The smallest absolute Gasteiger partial charge is 0.289 e. The third kappa shape index (κ3) is 3.65. The number of hydrogen-bond acceptors (Lipinski definition) is 3. The number of unbranched alkanes of at least 4 members (excludes halogenated alkanes) is 1. The van der Waals surface area contributed by atoms with Crippen LogP contribution in [0.5, 0.6) is 0 Å². The zero-order valence-corrected chi connectivity index (χ0v) is 10.2. The minimum Gasteiger partial charge on any atom is -0.351 e. The number of rotatable bonds is 5. The number of aromatic nitrogens is 1. The van der Waals surface area contributed by atoms with Gasteiger partial charge in [-0.2, -0.15) is 0 Å². The molecule has 1 amide bonds. The van der Waals surface area contributed by atoms with E-state index in [0.29, 0.717) is 6.54 Å². The molecule has 1 N–H and O–H groups in total. The van der Waals surface area contributed by atoms with E-state index in [4.69, 9.17) is 4.52 Å². The molecule has 0 saturated carbocycles. The summed E-state index contributed by atoms with van der Waals surface area (Å²) in [6.07, 6.45) is 2.12. The molecule has 0 unspecified atom stereocenters. The van der Waals surface area contributed by atoms with Gasteiger partial charge in [-0.05, 0) is 24.2 Å². The van der Waals surface area contributed by atoms with Gasteiger partial charge in [0.15, 0.2) is 0 Å². The van der Waals surface area contributed by atoms with Crippen LogP contribution in [-0.2, 0) is 0 Å². The number of nitrogens with one attached hydrogen (secondary N) is 1. The number of halogens is 1. The quantitative estimate of drug-likeness (QED) is 0.514. The first-order valence-corrected chi connectivity index (χ1v) is 6.04. The summed E-state index contributed by atoms with van der Waals surface area (Å²) in [5, 5.41) is 6.42. The Kier molecular flexibility index (Phi) is 4.92. The van der Waals surface area contributed by atoms with Gasteiger partial charge in [0.2, 0.25) is 5.76 Å². The number of carbonyl (C=O) groups excluding carboxylic acids is 1. The van der Waals surface area contributed by atoms with Crippen LogP contribution in [0.1, 0.15) is 29.1 Å². The summed E-state index contributed by atoms with van der Waals surface area (Å²) >= 11 is 2.32. The third-order valence-electron chi connectivity index (χ3n) is 1.70. The number of alkyl halides is 1. The van der Waals surface area contributed by atoms with Gasteiger partial charge in [-0.1, -0.05) is 27.7 Å². The van der Waals surface area contributed by atoms with Crippen molar-refractivity contribution in [2.24, 2.45) is 0 Å². The second-order valence-corrected chi connectivity index (χ2v) is 4.06. The van der Waals surface area contributed by atoms with Crippen molar-refractivity contribution >= 4 is 28.5 Å². The van der Waals surface area contributed by atoms with Gasteiger partial charge in [0.05, 0.1) is 5.69 Å². The normalized spacial score (nSPS) is 10.1. The molecular weight excluding hydrogens is 295 g/mol. The molecule has 0 aliphatic heterocycles. The zero-order valence-electron chi connectivity index (χ0n) is 8.05. The van der Waals surface area contributed by atoms with Crippen LogP contribution in [0.2, 0.25) is 0 Å². The molecule has 0 aliphatic rings. The molecule has 0 atom stereocenters. The Morgan fingerprint density at radius 3 is 3.00 bits per heavy atom. The third-order valence-corrected chi connectivity index (χ3v) is 2.46. The van der Waals surface area contributed by atoms with Crippen molar-refractivity contribution < 1.29 is 9.32 Å². The fourth-order valence-corrected chi connectivity index (χ4v) is 1.52. The van der Waals surface area contributed by atoms with E-state index < -0.39 is 0 Å². The molecule has 0 aromatic carbocycles. The number of aryl methyl sites for hydroxylation is 1. The largest absolute Gasteiger partial charge is 0.351 e. The molecule has 0 fully saturated rings. The first-order valence-electron chi connectivity index (χ1n) is 4.51. The Hall–Kier alpha value is -0.590. The standard InChI is InChI=1S/C9H13IN2O2/c1-7-6-8(14-12-7)9(13)11-5-3-2-4-10/h6H,2-5H2,1H3,(H,11,13). The van der Waals surface area contributed by atoms with Crippen LogP contribution < -0.4 is 5.32 Å². The van der Waals surface area contributed by atoms with E-state index in [1.807, 2.05) is 0 Å². The van der Waals surface area contributed by atoms with Crippen LogP contribution in [0.3, 0.4) is 0 Å². The first-order chi connectivity index (χ1) is 6.74. The highest BCUT2D eigenvalue weighted by atomic mass is 127. The zero-order chi connectivity index (χ0) is 10.4. The van der Waals surface area contributed by atoms with Crippen molar-refractivity contribution in [3.8, 4) is 0 Å². The molecule has 1 aromatic heterocycles. The molecule has 1 aromatic rings. The maximum Gasteiger partial charge on any atom is 0.289 e. The second-order valence-electron chi connectivity index (χ2n) is 2.98. The molecular formula is C9H13IN2O2. The van der Waals surface area contributed by atoms with Crippen molar-refractivity contribution in [3.05, 3.63) is 17.5 Å². The predicted molar refractivity (Wildman–Crippen MR) is 61.7 cm³/mol. The van der Waals surface area contributed by atoms with Gasteiger partial charge < -0.3 is 9.84 Å². The summed E-state index contributed by atoms with van der Waals surface area (Å²) in [6, 6.07) is 1.63. The van der Waals surface area contributed by atoms with Gasteiger partial charge in [-0.15, -0.1) is 0 Å². The van der Waals surface area contributed by atoms with E-state index in [1.165, 1.54) is 0 Å². The molecule has 1 rings (SSSR count). The Labute approximate surface area is 96.6 Å². The summed E-state index contributed by atoms with van der Waals surface area (Å²) in [5.74, 6) is 0.107. The summed E-state index contributed by atoms with van der Waals surface area (Å²) in [5.41, 5.74) is 0.724. The topological polar surface area (TPSA) is 55.1 Å². The number of amides is 1. The van der Waals surface area contributed by atoms with E-state index in [2.05, 4.69) is 33.1 Å². The molecule has 0 saturated heterocycles. The lowest BCUT2D eigenvalue weighted by molar-refractivity contribution is 0.0916. The van der Waals surface area contributed by atoms with Gasteiger partial charge in [0, 0.05) is 12.6 Å². The summed E-state index contributed by atoms with van der Waals surface area (Å²) in [7, 11) is 0. The van der Waals surface area contributed by atoms with Crippen LogP contribution >= 0.6 is 22.6 Å². The van der Waals surface area contributed by atoms with Crippen LogP contribution in [0.15, 0.2) is 10.6 Å². The van der Waals surface area contributed by atoms with E-state index in [-0.39, 0.29) is 11.7 Å². The lowest BCUT2D eigenvalue weighted by Crippen LogP contribution is -2.23. The average molecular weight is 308 g/mol. The molecule has 0 bridgehead atoms. The molecule has 0 aliphatic carbocycles. The van der Waals surface area contributed by atoms with E-state index in [1.54, 1.807) is 13.0 Å². The van der Waals surface area contributed by atoms with Crippen molar-refractivity contribution in [1.82, 2.24) is 10.5 Å². The lowest BCUT2D eigenvalue weighted by Gasteiger charge is -2.00.